The highest BCUT2D eigenvalue weighted by atomic mass is 79.9. The third kappa shape index (κ3) is 1.49. The molecule has 0 aliphatic carbocycles. The molecule has 2 atom stereocenters. The molecule has 0 aromatic heterocycles. The second-order valence-corrected chi connectivity index (χ2v) is 5.44. The summed E-state index contributed by atoms with van der Waals surface area (Å²) < 4.78 is 1.18. The highest BCUT2D eigenvalue weighted by molar-refractivity contribution is 9.10. The number of hydrogen-bond acceptors (Lipinski definition) is 2. The molecule has 3 heteroatoms. The summed E-state index contributed by atoms with van der Waals surface area (Å²) in [5, 5.41) is 0. The Kier molecular flexibility index (Phi) is 2.25. The lowest BCUT2D eigenvalue weighted by Crippen LogP contribution is -2.42. The van der Waals surface area contributed by atoms with E-state index in [4.69, 9.17) is 5.73 Å². The highest BCUT2D eigenvalue weighted by Crippen LogP contribution is 2.36. The average molecular weight is 267 g/mol. The van der Waals surface area contributed by atoms with E-state index in [9.17, 15) is 0 Å². The van der Waals surface area contributed by atoms with Crippen molar-refractivity contribution in [2.75, 3.05) is 11.4 Å². The van der Waals surface area contributed by atoms with Crippen LogP contribution in [0.1, 0.15) is 18.4 Å². The van der Waals surface area contributed by atoms with E-state index in [1.165, 1.54) is 28.6 Å². The zero-order valence-electron chi connectivity index (χ0n) is 8.62. The van der Waals surface area contributed by atoms with Crippen LogP contribution in [0.5, 0.6) is 0 Å². The molecule has 2 aliphatic heterocycles. The van der Waals surface area contributed by atoms with Crippen molar-refractivity contribution in [1.82, 2.24) is 0 Å². The summed E-state index contributed by atoms with van der Waals surface area (Å²) in [6.45, 7) is 1.13. The quantitative estimate of drug-likeness (QED) is 0.781. The lowest BCUT2D eigenvalue weighted by Gasteiger charge is -2.35. The van der Waals surface area contributed by atoms with E-state index < -0.39 is 0 Å². The van der Waals surface area contributed by atoms with Crippen LogP contribution in [0.2, 0.25) is 0 Å². The van der Waals surface area contributed by atoms with E-state index in [0.717, 1.165) is 13.0 Å². The smallest absolute Gasteiger partial charge is 0.0445 e. The summed E-state index contributed by atoms with van der Waals surface area (Å²) in [6.07, 6.45) is 3.52. The first-order valence-electron chi connectivity index (χ1n) is 5.56. The first-order valence-corrected chi connectivity index (χ1v) is 6.35. The molecule has 2 nitrogen and oxygen atoms in total. The fourth-order valence-corrected chi connectivity index (χ4v) is 3.29. The second-order valence-electron chi connectivity index (χ2n) is 4.52. The minimum Gasteiger partial charge on any atom is -0.367 e. The predicted octanol–water partition coefficient (Wildman–Crippen LogP) is 2.30. The van der Waals surface area contributed by atoms with E-state index in [0.29, 0.717) is 12.1 Å². The third-order valence-electron chi connectivity index (χ3n) is 3.66. The zero-order chi connectivity index (χ0) is 10.4. The second kappa shape index (κ2) is 3.49. The molecule has 0 spiro atoms. The summed E-state index contributed by atoms with van der Waals surface area (Å²) in [6, 6.07) is 7.56. The van der Waals surface area contributed by atoms with Gasteiger partial charge in [-0.25, -0.2) is 0 Å². The van der Waals surface area contributed by atoms with Gasteiger partial charge in [0, 0.05) is 28.8 Å². The Morgan fingerprint density at radius 1 is 1.33 bits per heavy atom. The first kappa shape index (κ1) is 9.67. The Balaban J connectivity index is 2.02. The van der Waals surface area contributed by atoms with Gasteiger partial charge in [-0.05, 0) is 43.0 Å². The molecule has 1 aromatic carbocycles. The Hall–Kier alpha value is -0.540. The van der Waals surface area contributed by atoms with Gasteiger partial charge < -0.3 is 10.6 Å². The number of rotatable bonds is 0. The topological polar surface area (TPSA) is 29.3 Å². The summed E-state index contributed by atoms with van der Waals surface area (Å²) in [7, 11) is 0. The largest absolute Gasteiger partial charge is 0.367 e. The van der Waals surface area contributed by atoms with Crippen LogP contribution in [-0.4, -0.2) is 18.6 Å². The summed E-state index contributed by atoms with van der Waals surface area (Å²) in [4.78, 5) is 2.50. The van der Waals surface area contributed by atoms with E-state index in [1.54, 1.807) is 0 Å². The Morgan fingerprint density at radius 3 is 3.07 bits per heavy atom. The maximum atomic E-state index is 6.13. The number of fused-ring (bicyclic) bond motifs is 3. The molecule has 0 bridgehead atoms. The fourth-order valence-electron chi connectivity index (χ4n) is 2.88. The van der Waals surface area contributed by atoms with E-state index in [2.05, 4.69) is 39.0 Å². The molecular formula is C12H15BrN2. The fraction of sp³-hybridized carbons (Fsp3) is 0.500. The van der Waals surface area contributed by atoms with Crippen molar-refractivity contribution in [2.24, 2.45) is 5.73 Å². The van der Waals surface area contributed by atoms with Crippen LogP contribution in [0.15, 0.2) is 22.7 Å². The number of nitrogens with two attached hydrogens (primary N) is 1. The van der Waals surface area contributed by atoms with Crippen molar-refractivity contribution >= 4 is 21.6 Å². The van der Waals surface area contributed by atoms with Gasteiger partial charge in [0.05, 0.1) is 0 Å². The molecule has 0 amide bonds. The van der Waals surface area contributed by atoms with E-state index in [1.807, 2.05) is 0 Å². The Labute approximate surface area is 98.6 Å². The molecule has 2 N–H and O–H groups in total. The first-order chi connectivity index (χ1) is 7.25. The van der Waals surface area contributed by atoms with Crippen molar-refractivity contribution in [1.29, 1.82) is 0 Å². The van der Waals surface area contributed by atoms with Gasteiger partial charge >= 0.3 is 0 Å². The van der Waals surface area contributed by atoms with Crippen LogP contribution in [0, 0.1) is 0 Å². The number of hydrogen-bond donors (Lipinski definition) is 1. The maximum absolute atomic E-state index is 6.13. The number of nitrogens with zero attached hydrogens (tertiary/aromatic N) is 1. The minimum absolute atomic E-state index is 0.377. The van der Waals surface area contributed by atoms with Crippen molar-refractivity contribution in [3.63, 3.8) is 0 Å². The van der Waals surface area contributed by atoms with Gasteiger partial charge in [0.15, 0.2) is 0 Å². The van der Waals surface area contributed by atoms with Crippen molar-refractivity contribution < 1.29 is 0 Å². The van der Waals surface area contributed by atoms with Crippen molar-refractivity contribution in [3.8, 4) is 0 Å². The van der Waals surface area contributed by atoms with Gasteiger partial charge in [-0.1, -0.05) is 15.9 Å². The normalized spacial score (nSPS) is 28.8. The Bertz CT molecular complexity index is 391. The average Bonchev–Trinajstić information content (AvgIpc) is 2.60. The minimum atomic E-state index is 0.377. The van der Waals surface area contributed by atoms with Crippen molar-refractivity contribution in [3.05, 3.63) is 28.2 Å². The molecule has 1 aromatic rings. The molecule has 0 radical (unpaired) electrons. The van der Waals surface area contributed by atoms with Gasteiger partial charge in [-0.15, -0.1) is 0 Å². The molecule has 1 fully saturated rings. The lowest BCUT2D eigenvalue weighted by atomic mass is 9.95. The van der Waals surface area contributed by atoms with Crippen LogP contribution in [0.25, 0.3) is 0 Å². The Morgan fingerprint density at radius 2 is 2.20 bits per heavy atom. The van der Waals surface area contributed by atoms with Gasteiger partial charge in [0.2, 0.25) is 0 Å². The molecule has 2 unspecified atom stereocenters. The van der Waals surface area contributed by atoms with Crippen LogP contribution < -0.4 is 10.6 Å². The number of aryl methyl sites for hydroxylation is 1. The number of anilines is 1. The van der Waals surface area contributed by atoms with Gasteiger partial charge in [0.1, 0.15) is 0 Å². The maximum Gasteiger partial charge on any atom is 0.0445 e. The van der Waals surface area contributed by atoms with Gasteiger partial charge in [0.25, 0.3) is 0 Å². The third-order valence-corrected chi connectivity index (χ3v) is 4.15. The summed E-state index contributed by atoms with van der Waals surface area (Å²) in [5.74, 6) is 0. The molecule has 2 aliphatic rings. The molecule has 0 saturated carbocycles. The molecule has 3 rings (SSSR count). The molecule has 15 heavy (non-hydrogen) atoms. The van der Waals surface area contributed by atoms with E-state index >= 15 is 0 Å². The summed E-state index contributed by atoms with van der Waals surface area (Å²) >= 11 is 3.53. The van der Waals surface area contributed by atoms with Crippen molar-refractivity contribution in [2.45, 2.75) is 31.3 Å². The van der Waals surface area contributed by atoms with Crippen LogP contribution in [0.3, 0.4) is 0 Å². The van der Waals surface area contributed by atoms with Crippen LogP contribution >= 0.6 is 15.9 Å². The summed E-state index contributed by atoms with van der Waals surface area (Å²) in [5.41, 5.74) is 9.00. The zero-order valence-corrected chi connectivity index (χ0v) is 10.2. The van der Waals surface area contributed by atoms with Gasteiger partial charge in [-0.3, -0.25) is 0 Å². The molecule has 1 saturated heterocycles. The number of halogens is 1. The molecule has 2 heterocycles. The predicted molar refractivity (Wildman–Crippen MR) is 66.2 cm³/mol. The van der Waals surface area contributed by atoms with Crippen LogP contribution in [0.4, 0.5) is 5.69 Å². The monoisotopic (exact) mass is 266 g/mol. The highest BCUT2D eigenvalue weighted by Gasteiger charge is 2.35. The molecule has 80 valence electrons. The molecular weight excluding hydrogens is 252 g/mol. The SMILES string of the molecule is NC1CCN2c3ccc(Br)cc3CCC12. The standard InChI is InChI=1S/C12H15BrN2/c13-9-2-4-11-8(7-9)1-3-12-10(14)5-6-15(11)12/h2,4,7,10,12H,1,3,5-6,14H2. The van der Waals surface area contributed by atoms with Gasteiger partial charge in [-0.2, -0.15) is 0 Å². The van der Waals surface area contributed by atoms with Crippen LogP contribution in [-0.2, 0) is 6.42 Å². The van der Waals surface area contributed by atoms with E-state index in [-0.39, 0.29) is 0 Å². The lowest BCUT2D eigenvalue weighted by molar-refractivity contribution is 0.526. The number of benzene rings is 1.